The number of hydrogen-bond acceptors (Lipinski definition) is 4. The van der Waals surface area contributed by atoms with Crippen molar-refractivity contribution < 1.29 is 24.2 Å². The number of aliphatic carboxylic acids is 1. The van der Waals surface area contributed by atoms with Crippen LogP contribution in [0.4, 0.5) is 0 Å². The van der Waals surface area contributed by atoms with Crippen molar-refractivity contribution in [2.24, 2.45) is 0 Å². The number of carbonyl (C=O) groups is 2. The summed E-state index contributed by atoms with van der Waals surface area (Å²) in [4.78, 5) is 22.5. The highest BCUT2D eigenvalue weighted by molar-refractivity contribution is 6.06. The Morgan fingerprint density at radius 3 is 2.74 bits per heavy atom. The summed E-state index contributed by atoms with van der Waals surface area (Å²) >= 11 is 0. The summed E-state index contributed by atoms with van der Waals surface area (Å²) in [6.45, 7) is 0.239. The third-order valence-corrected chi connectivity index (χ3v) is 2.46. The van der Waals surface area contributed by atoms with Crippen LogP contribution in [-0.4, -0.2) is 23.5 Å². The number of carbonyl (C=O) groups excluding carboxylic acids is 1. The lowest BCUT2D eigenvalue weighted by Gasteiger charge is -2.06. The van der Waals surface area contributed by atoms with Gasteiger partial charge in [0.1, 0.15) is 13.2 Å². The van der Waals surface area contributed by atoms with Crippen LogP contribution in [-0.2, 0) is 25.7 Å². The lowest BCUT2D eigenvalue weighted by molar-refractivity contribution is -0.136. The molecule has 1 N–H and O–H groups in total. The van der Waals surface area contributed by atoms with E-state index in [0.717, 1.165) is 11.6 Å². The second kappa shape index (κ2) is 5.86. The summed E-state index contributed by atoms with van der Waals surface area (Å²) in [7, 11) is 0. The molecule has 0 atom stereocenters. The Morgan fingerprint density at radius 1 is 1.32 bits per heavy atom. The fourth-order valence-electron chi connectivity index (χ4n) is 1.53. The standard InChI is InChI=1S/C14H12O5/c15-11-8-13(14(16)17)18-7-6-12(11)19-9-10-4-2-1-3-5-10/h1-6,8H,7,9H2,(H,16,17). The van der Waals surface area contributed by atoms with Crippen LogP contribution in [0.2, 0.25) is 0 Å². The maximum atomic E-state index is 11.7. The highest BCUT2D eigenvalue weighted by Crippen LogP contribution is 2.12. The van der Waals surface area contributed by atoms with Gasteiger partial charge < -0.3 is 14.6 Å². The predicted molar refractivity (Wildman–Crippen MR) is 66.0 cm³/mol. The fourth-order valence-corrected chi connectivity index (χ4v) is 1.53. The number of carboxylic acid groups (broad SMARTS) is 1. The molecule has 0 fully saturated rings. The molecule has 5 heteroatoms. The van der Waals surface area contributed by atoms with Crippen LogP contribution < -0.4 is 0 Å². The number of ketones is 1. The van der Waals surface area contributed by atoms with Crippen molar-refractivity contribution in [2.75, 3.05) is 6.61 Å². The van der Waals surface area contributed by atoms with E-state index in [9.17, 15) is 9.59 Å². The van der Waals surface area contributed by atoms with Crippen molar-refractivity contribution in [1.82, 2.24) is 0 Å². The molecule has 1 aromatic rings. The van der Waals surface area contributed by atoms with Crippen LogP contribution in [0.3, 0.4) is 0 Å². The molecular weight excluding hydrogens is 248 g/mol. The van der Waals surface area contributed by atoms with E-state index in [0.29, 0.717) is 0 Å². The zero-order valence-electron chi connectivity index (χ0n) is 10.0. The maximum Gasteiger partial charge on any atom is 0.371 e. The molecule has 0 spiro atoms. The van der Waals surface area contributed by atoms with Gasteiger partial charge in [-0.25, -0.2) is 4.79 Å². The second-order valence-corrected chi connectivity index (χ2v) is 3.83. The first-order valence-corrected chi connectivity index (χ1v) is 5.66. The number of benzene rings is 1. The summed E-state index contributed by atoms with van der Waals surface area (Å²) in [6, 6.07) is 9.36. The molecule has 0 aliphatic carbocycles. The molecular formula is C14H12O5. The minimum absolute atomic E-state index is 0.00596. The Hall–Kier alpha value is -2.56. The molecule has 0 amide bonds. The van der Waals surface area contributed by atoms with Gasteiger partial charge in [-0.1, -0.05) is 30.3 Å². The smallest absolute Gasteiger partial charge is 0.371 e. The van der Waals surface area contributed by atoms with Gasteiger partial charge in [0.2, 0.25) is 11.5 Å². The second-order valence-electron chi connectivity index (χ2n) is 3.83. The van der Waals surface area contributed by atoms with Gasteiger partial charge >= 0.3 is 5.97 Å². The first-order valence-electron chi connectivity index (χ1n) is 5.66. The predicted octanol–water partition coefficient (Wildman–Crippen LogP) is 1.65. The van der Waals surface area contributed by atoms with E-state index in [2.05, 4.69) is 0 Å². The summed E-state index contributed by atoms with van der Waals surface area (Å²) < 4.78 is 10.3. The molecule has 0 saturated carbocycles. The average Bonchev–Trinajstić information content (AvgIpc) is 2.60. The van der Waals surface area contributed by atoms with E-state index in [-0.39, 0.29) is 24.7 Å². The topological polar surface area (TPSA) is 72.8 Å². The van der Waals surface area contributed by atoms with Crippen molar-refractivity contribution in [3.8, 4) is 0 Å². The van der Waals surface area contributed by atoms with E-state index >= 15 is 0 Å². The van der Waals surface area contributed by atoms with E-state index in [1.165, 1.54) is 6.08 Å². The normalized spacial score (nSPS) is 14.8. The molecule has 19 heavy (non-hydrogen) atoms. The Kier molecular flexibility index (Phi) is 3.97. The maximum absolute atomic E-state index is 11.7. The molecule has 2 rings (SSSR count). The molecule has 1 aliphatic rings. The van der Waals surface area contributed by atoms with Crippen molar-refractivity contribution >= 4 is 11.8 Å². The molecule has 5 nitrogen and oxygen atoms in total. The SMILES string of the molecule is O=C(O)C1=CC(=O)C(OCc2ccccc2)=CCO1. The van der Waals surface area contributed by atoms with Gasteiger partial charge in [-0.3, -0.25) is 4.79 Å². The highest BCUT2D eigenvalue weighted by atomic mass is 16.5. The van der Waals surface area contributed by atoms with Crippen molar-refractivity contribution in [3.05, 3.63) is 59.6 Å². The van der Waals surface area contributed by atoms with Crippen LogP contribution in [0.25, 0.3) is 0 Å². The molecule has 98 valence electrons. The zero-order valence-corrected chi connectivity index (χ0v) is 10.0. The third-order valence-electron chi connectivity index (χ3n) is 2.46. The minimum Gasteiger partial charge on any atom is -0.485 e. The van der Waals surface area contributed by atoms with Gasteiger partial charge in [0.05, 0.1) is 0 Å². The van der Waals surface area contributed by atoms with E-state index in [1.807, 2.05) is 30.3 Å². The summed E-state index contributed by atoms with van der Waals surface area (Å²) in [5, 5.41) is 8.77. The number of rotatable bonds is 4. The van der Waals surface area contributed by atoms with Gasteiger partial charge in [0.25, 0.3) is 0 Å². The third kappa shape index (κ3) is 3.45. The van der Waals surface area contributed by atoms with Gasteiger partial charge in [-0.05, 0) is 11.6 Å². The molecule has 1 aromatic carbocycles. The molecule has 0 radical (unpaired) electrons. The quantitative estimate of drug-likeness (QED) is 0.891. The Bertz CT molecular complexity index is 542. The molecule has 0 bridgehead atoms. The molecule has 0 saturated heterocycles. The van der Waals surface area contributed by atoms with Crippen molar-refractivity contribution in [2.45, 2.75) is 6.61 Å². The lowest BCUT2D eigenvalue weighted by atomic mass is 10.2. The van der Waals surface area contributed by atoms with Crippen molar-refractivity contribution in [1.29, 1.82) is 0 Å². The molecule has 1 heterocycles. The first kappa shape index (κ1) is 12.9. The summed E-state index contributed by atoms with van der Waals surface area (Å²) in [5.74, 6) is -2.06. The molecule has 1 aliphatic heterocycles. The monoisotopic (exact) mass is 260 g/mol. The lowest BCUT2D eigenvalue weighted by Crippen LogP contribution is -2.07. The number of hydrogen-bond donors (Lipinski definition) is 1. The van der Waals surface area contributed by atoms with E-state index in [1.54, 1.807) is 0 Å². The van der Waals surface area contributed by atoms with Crippen LogP contribution in [0.1, 0.15) is 5.56 Å². The van der Waals surface area contributed by atoms with E-state index < -0.39 is 11.8 Å². The zero-order chi connectivity index (χ0) is 13.7. The fraction of sp³-hybridized carbons (Fsp3) is 0.143. The largest absolute Gasteiger partial charge is 0.485 e. The Morgan fingerprint density at radius 2 is 2.05 bits per heavy atom. The van der Waals surface area contributed by atoms with Crippen molar-refractivity contribution in [3.63, 3.8) is 0 Å². The minimum atomic E-state index is -1.27. The highest BCUT2D eigenvalue weighted by Gasteiger charge is 2.18. The molecule has 0 aromatic heterocycles. The Labute approximate surface area is 109 Å². The van der Waals surface area contributed by atoms with Gasteiger partial charge in [0, 0.05) is 6.08 Å². The summed E-state index contributed by atoms with van der Waals surface area (Å²) in [5.41, 5.74) is 0.920. The summed E-state index contributed by atoms with van der Waals surface area (Å²) in [6.07, 6.45) is 2.35. The van der Waals surface area contributed by atoms with E-state index in [4.69, 9.17) is 14.6 Å². The number of carboxylic acids is 1. The molecule has 0 unspecified atom stereocenters. The number of ether oxygens (including phenoxy) is 2. The van der Waals surface area contributed by atoms with Crippen LogP contribution in [0.5, 0.6) is 0 Å². The van der Waals surface area contributed by atoms with Gasteiger partial charge in [-0.15, -0.1) is 0 Å². The Balaban J connectivity index is 2.03. The van der Waals surface area contributed by atoms with Crippen LogP contribution in [0.15, 0.2) is 54.0 Å². The number of allylic oxidation sites excluding steroid dienone is 1. The average molecular weight is 260 g/mol. The van der Waals surface area contributed by atoms with Gasteiger partial charge in [-0.2, -0.15) is 0 Å². The van der Waals surface area contributed by atoms with Crippen LogP contribution in [0, 0.1) is 0 Å². The van der Waals surface area contributed by atoms with Gasteiger partial charge in [0.15, 0.2) is 5.76 Å². The first-order chi connectivity index (χ1) is 9.16. The van der Waals surface area contributed by atoms with Crippen LogP contribution >= 0.6 is 0 Å².